The van der Waals surface area contributed by atoms with E-state index in [0.29, 0.717) is 17.2 Å². The lowest BCUT2D eigenvalue weighted by molar-refractivity contribution is -0.757. The fourth-order valence-electron chi connectivity index (χ4n) is 1.31. The van der Waals surface area contributed by atoms with Crippen molar-refractivity contribution in [2.45, 2.75) is 6.92 Å². The molecule has 1 aromatic carbocycles. The van der Waals surface area contributed by atoms with E-state index in [-0.39, 0.29) is 25.6 Å². The highest BCUT2D eigenvalue weighted by molar-refractivity contribution is 5.77. The van der Waals surface area contributed by atoms with Gasteiger partial charge in [0.25, 0.3) is 5.09 Å². The summed E-state index contributed by atoms with van der Waals surface area (Å²) < 4.78 is 15.6. The lowest BCUT2D eigenvalue weighted by Crippen LogP contribution is -2.11. The van der Waals surface area contributed by atoms with E-state index >= 15 is 0 Å². The molecule has 0 unspecified atom stereocenters. The smallest absolute Gasteiger partial charge is 0.294 e. The van der Waals surface area contributed by atoms with Gasteiger partial charge in [-0.15, -0.1) is 10.1 Å². The SMILES string of the molecule is COc1ccc(OCCO[N+](=O)[O-])cc1OCC(C)=O. The van der Waals surface area contributed by atoms with Crippen LogP contribution < -0.4 is 14.2 Å². The average Bonchev–Trinajstić information content (AvgIpc) is 2.41. The molecule has 8 heteroatoms. The number of benzene rings is 1. The first kappa shape index (κ1) is 15.5. The molecule has 110 valence electrons. The Morgan fingerprint density at radius 2 is 2.00 bits per heavy atom. The van der Waals surface area contributed by atoms with Gasteiger partial charge in [0.05, 0.1) is 7.11 Å². The van der Waals surface area contributed by atoms with Crippen LogP contribution in [-0.2, 0) is 9.63 Å². The van der Waals surface area contributed by atoms with Crippen molar-refractivity contribution in [3.05, 3.63) is 28.3 Å². The molecule has 0 atom stereocenters. The largest absolute Gasteiger partial charge is 0.493 e. The van der Waals surface area contributed by atoms with E-state index in [1.165, 1.54) is 20.1 Å². The standard InChI is InChI=1S/C12H15NO7/c1-9(14)8-19-12-7-10(3-4-11(12)17-2)18-5-6-20-13(15)16/h3-4,7H,5-6,8H2,1-2H3. The van der Waals surface area contributed by atoms with Crippen LogP contribution in [0.1, 0.15) is 6.92 Å². The second-order valence-corrected chi connectivity index (χ2v) is 3.71. The first-order valence-corrected chi connectivity index (χ1v) is 5.73. The molecular weight excluding hydrogens is 270 g/mol. The van der Waals surface area contributed by atoms with Crippen molar-refractivity contribution >= 4 is 5.78 Å². The number of methoxy groups -OCH3 is 1. The minimum Gasteiger partial charge on any atom is -0.493 e. The minimum atomic E-state index is -0.890. The Hall–Kier alpha value is -2.51. The highest BCUT2D eigenvalue weighted by Gasteiger charge is 2.08. The number of hydrogen-bond acceptors (Lipinski definition) is 7. The Morgan fingerprint density at radius 3 is 2.60 bits per heavy atom. The van der Waals surface area contributed by atoms with Crippen molar-refractivity contribution in [2.24, 2.45) is 0 Å². The lowest BCUT2D eigenvalue weighted by Gasteiger charge is -2.12. The molecule has 0 spiro atoms. The summed E-state index contributed by atoms with van der Waals surface area (Å²) in [6.07, 6.45) is 0. The Balaban J connectivity index is 2.61. The Morgan fingerprint density at radius 1 is 1.25 bits per heavy atom. The van der Waals surface area contributed by atoms with Crippen molar-refractivity contribution in [2.75, 3.05) is 26.9 Å². The fourth-order valence-corrected chi connectivity index (χ4v) is 1.31. The van der Waals surface area contributed by atoms with Gasteiger partial charge in [0.2, 0.25) is 0 Å². The van der Waals surface area contributed by atoms with E-state index < -0.39 is 5.09 Å². The fraction of sp³-hybridized carbons (Fsp3) is 0.417. The van der Waals surface area contributed by atoms with Crippen LogP contribution >= 0.6 is 0 Å². The van der Waals surface area contributed by atoms with Crippen LogP contribution in [0.25, 0.3) is 0 Å². The van der Waals surface area contributed by atoms with E-state index in [1.807, 2.05) is 0 Å². The molecule has 0 N–H and O–H groups in total. The molecule has 0 aliphatic heterocycles. The summed E-state index contributed by atoms with van der Waals surface area (Å²) in [5.41, 5.74) is 0. The molecule has 1 aromatic rings. The molecule has 0 radical (unpaired) electrons. The van der Waals surface area contributed by atoms with Crippen molar-refractivity contribution in [3.8, 4) is 17.2 Å². The van der Waals surface area contributed by atoms with Crippen LogP contribution in [0.3, 0.4) is 0 Å². The van der Waals surface area contributed by atoms with Crippen LogP contribution in [0.4, 0.5) is 0 Å². The molecule has 8 nitrogen and oxygen atoms in total. The molecular formula is C12H15NO7. The second kappa shape index (κ2) is 7.82. The van der Waals surface area contributed by atoms with Gasteiger partial charge in [-0.2, -0.15) is 0 Å². The van der Waals surface area contributed by atoms with Crippen LogP contribution in [0, 0.1) is 10.1 Å². The van der Waals surface area contributed by atoms with Gasteiger partial charge in [-0.3, -0.25) is 4.79 Å². The highest BCUT2D eigenvalue weighted by Crippen LogP contribution is 2.31. The molecule has 0 saturated carbocycles. The zero-order valence-corrected chi connectivity index (χ0v) is 11.2. The number of Topliss-reactive ketones (excluding diaryl/α,β-unsaturated/α-hetero) is 1. The molecule has 0 aromatic heterocycles. The summed E-state index contributed by atoms with van der Waals surface area (Å²) in [5.74, 6) is 1.12. The van der Waals surface area contributed by atoms with Crippen molar-refractivity contribution in [1.29, 1.82) is 0 Å². The average molecular weight is 285 g/mol. The number of ether oxygens (including phenoxy) is 3. The second-order valence-electron chi connectivity index (χ2n) is 3.71. The van der Waals surface area contributed by atoms with E-state index in [4.69, 9.17) is 14.2 Å². The van der Waals surface area contributed by atoms with E-state index in [0.717, 1.165) is 0 Å². The quantitative estimate of drug-likeness (QED) is 0.382. The van der Waals surface area contributed by atoms with Gasteiger partial charge in [-0.1, -0.05) is 0 Å². The summed E-state index contributed by atoms with van der Waals surface area (Å²) in [6.45, 7) is 1.16. The highest BCUT2D eigenvalue weighted by atomic mass is 17.0. The topological polar surface area (TPSA) is 97.1 Å². The molecule has 0 saturated heterocycles. The minimum absolute atomic E-state index is 0.0134. The third kappa shape index (κ3) is 5.42. The Kier molecular flexibility index (Phi) is 6.08. The van der Waals surface area contributed by atoms with E-state index in [1.54, 1.807) is 12.1 Å². The van der Waals surface area contributed by atoms with Gasteiger partial charge >= 0.3 is 0 Å². The van der Waals surface area contributed by atoms with Gasteiger partial charge in [0, 0.05) is 6.07 Å². The molecule has 20 heavy (non-hydrogen) atoms. The summed E-state index contributed by atoms with van der Waals surface area (Å²) in [6, 6.07) is 4.76. The molecule has 0 bridgehead atoms. The molecule has 0 amide bonds. The van der Waals surface area contributed by atoms with Crippen molar-refractivity contribution < 1.29 is 28.9 Å². The number of carbonyl (C=O) groups excluding carboxylic acids is 1. The maximum atomic E-state index is 10.9. The van der Waals surface area contributed by atoms with Gasteiger partial charge in [0.1, 0.15) is 25.6 Å². The maximum absolute atomic E-state index is 10.9. The van der Waals surface area contributed by atoms with Crippen molar-refractivity contribution in [3.63, 3.8) is 0 Å². The lowest BCUT2D eigenvalue weighted by atomic mass is 10.3. The molecule has 0 fully saturated rings. The molecule has 0 heterocycles. The first-order valence-electron chi connectivity index (χ1n) is 5.73. The van der Waals surface area contributed by atoms with Crippen molar-refractivity contribution in [1.82, 2.24) is 0 Å². The number of carbonyl (C=O) groups is 1. The molecule has 0 aliphatic carbocycles. The van der Waals surface area contributed by atoms with E-state index in [2.05, 4.69) is 4.84 Å². The van der Waals surface area contributed by atoms with Gasteiger partial charge in [-0.05, 0) is 19.1 Å². The summed E-state index contributed by atoms with van der Waals surface area (Å²) in [4.78, 5) is 25.0. The first-order chi connectivity index (χ1) is 9.52. The third-order valence-corrected chi connectivity index (χ3v) is 2.11. The van der Waals surface area contributed by atoms with Crippen LogP contribution in [0.15, 0.2) is 18.2 Å². The van der Waals surface area contributed by atoms with E-state index in [9.17, 15) is 14.9 Å². The Labute approximate surface area is 115 Å². The normalized spacial score (nSPS) is 9.70. The van der Waals surface area contributed by atoms with Gasteiger partial charge in [-0.25, -0.2) is 0 Å². The number of rotatable bonds is 9. The zero-order chi connectivity index (χ0) is 15.0. The summed E-state index contributed by atoms with van der Waals surface area (Å²) >= 11 is 0. The number of ketones is 1. The van der Waals surface area contributed by atoms with Gasteiger partial charge in [0.15, 0.2) is 17.3 Å². The number of hydrogen-bond donors (Lipinski definition) is 0. The predicted molar refractivity (Wildman–Crippen MR) is 67.6 cm³/mol. The van der Waals surface area contributed by atoms with Gasteiger partial charge < -0.3 is 19.0 Å². The molecule has 1 rings (SSSR count). The number of nitrogens with zero attached hydrogens (tertiary/aromatic N) is 1. The molecule has 0 aliphatic rings. The zero-order valence-electron chi connectivity index (χ0n) is 11.2. The summed E-state index contributed by atoms with van der Waals surface area (Å²) in [5, 5.41) is 9.07. The third-order valence-electron chi connectivity index (χ3n) is 2.11. The monoisotopic (exact) mass is 285 g/mol. The van der Waals surface area contributed by atoms with Crippen LogP contribution in [-0.4, -0.2) is 37.8 Å². The maximum Gasteiger partial charge on any atom is 0.294 e. The van der Waals surface area contributed by atoms with Crippen LogP contribution in [0.5, 0.6) is 17.2 Å². The Bertz CT molecular complexity index is 475. The summed E-state index contributed by atoms with van der Waals surface area (Å²) in [7, 11) is 1.47. The predicted octanol–water partition coefficient (Wildman–Crippen LogP) is 1.25. The van der Waals surface area contributed by atoms with Crippen LogP contribution in [0.2, 0.25) is 0 Å².